The van der Waals surface area contributed by atoms with Crippen molar-refractivity contribution in [3.8, 4) is 0 Å². The van der Waals surface area contributed by atoms with Gasteiger partial charge in [0.05, 0.1) is 17.4 Å². The highest BCUT2D eigenvalue weighted by atomic mass is 35.5. The van der Waals surface area contributed by atoms with Crippen molar-refractivity contribution < 1.29 is 4.79 Å². The summed E-state index contributed by atoms with van der Waals surface area (Å²) in [7, 11) is 1.58. The Bertz CT molecular complexity index is 745. The van der Waals surface area contributed by atoms with Crippen LogP contribution in [0.5, 0.6) is 0 Å². The van der Waals surface area contributed by atoms with Gasteiger partial charge in [0, 0.05) is 12.7 Å². The van der Waals surface area contributed by atoms with Crippen LogP contribution in [0, 0.1) is 0 Å². The molecule has 1 aromatic heterocycles. The van der Waals surface area contributed by atoms with Gasteiger partial charge in [0.2, 0.25) is 5.95 Å². The van der Waals surface area contributed by atoms with E-state index < -0.39 is 0 Å². The number of carbonyl (C=O) groups excluding carboxylic acids is 1. The first-order chi connectivity index (χ1) is 11.0. The second-order valence-electron chi connectivity index (χ2n) is 4.74. The molecule has 7 heteroatoms. The molecular weight excluding hydrogens is 314 g/mol. The Morgan fingerprint density at radius 1 is 1.30 bits per heavy atom. The SMILES string of the molecule is C/C=C(\C)Nc1ncc(Cl)c(Nc2ccccc2C(=O)NC)n1. The fourth-order valence-corrected chi connectivity index (χ4v) is 1.95. The molecular formula is C16H18ClN5O. The molecule has 120 valence electrons. The van der Waals surface area contributed by atoms with Gasteiger partial charge >= 0.3 is 0 Å². The van der Waals surface area contributed by atoms with E-state index in [1.54, 1.807) is 25.2 Å². The van der Waals surface area contributed by atoms with Crippen molar-refractivity contribution in [3.05, 3.63) is 52.8 Å². The number of halogens is 1. The van der Waals surface area contributed by atoms with Crippen molar-refractivity contribution in [2.45, 2.75) is 13.8 Å². The lowest BCUT2D eigenvalue weighted by Crippen LogP contribution is -2.19. The molecule has 1 amide bonds. The van der Waals surface area contributed by atoms with Gasteiger partial charge in [-0.05, 0) is 26.0 Å². The number of para-hydroxylation sites is 1. The van der Waals surface area contributed by atoms with Crippen molar-refractivity contribution in [2.75, 3.05) is 17.7 Å². The van der Waals surface area contributed by atoms with E-state index in [-0.39, 0.29) is 5.91 Å². The van der Waals surface area contributed by atoms with E-state index in [2.05, 4.69) is 25.9 Å². The highest BCUT2D eigenvalue weighted by Crippen LogP contribution is 2.26. The zero-order valence-corrected chi connectivity index (χ0v) is 13.9. The topological polar surface area (TPSA) is 78.9 Å². The number of aromatic nitrogens is 2. The second kappa shape index (κ2) is 7.60. The predicted octanol–water partition coefficient (Wildman–Crippen LogP) is 3.57. The summed E-state index contributed by atoms with van der Waals surface area (Å²) in [5.74, 6) is 0.649. The maximum atomic E-state index is 11.9. The molecule has 0 aliphatic carbocycles. The molecule has 0 atom stereocenters. The van der Waals surface area contributed by atoms with Crippen LogP contribution in [0.25, 0.3) is 0 Å². The Hall–Kier alpha value is -2.60. The second-order valence-corrected chi connectivity index (χ2v) is 5.14. The van der Waals surface area contributed by atoms with Gasteiger partial charge < -0.3 is 16.0 Å². The number of nitrogens with zero attached hydrogens (tertiary/aromatic N) is 2. The lowest BCUT2D eigenvalue weighted by atomic mass is 10.1. The first-order valence-corrected chi connectivity index (χ1v) is 7.43. The fourth-order valence-electron chi connectivity index (χ4n) is 1.82. The Morgan fingerprint density at radius 2 is 2.04 bits per heavy atom. The van der Waals surface area contributed by atoms with Crippen LogP contribution >= 0.6 is 11.6 Å². The minimum atomic E-state index is -0.193. The van der Waals surface area contributed by atoms with Crippen molar-refractivity contribution >= 4 is 35.0 Å². The van der Waals surface area contributed by atoms with Crippen molar-refractivity contribution in [2.24, 2.45) is 0 Å². The summed E-state index contributed by atoms with van der Waals surface area (Å²) in [6.45, 7) is 3.82. The van der Waals surface area contributed by atoms with Crippen molar-refractivity contribution in [1.82, 2.24) is 15.3 Å². The molecule has 0 aliphatic rings. The van der Waals surface area contributed by atoms with Gasteiger partial charge in [-0.25, -0.2) is 4.98 Å². The Balaban J connectivity index is 2.33. The summed E-state index contributed by atoms with van der Waals surface area (Å²) in [4.78, 5) is 20.4. The third-order valence-electron chi connectivity index (χ3n) is 3.14. The minimum absolute atomic E-state index is 0.193. The van der Waals surface area contributed by atoms with Gasteiger partial charge in [-0.3, -0.25) is 4.79 Å². The molecule has 0 unspecified atom stereocenters. The first-order valence-electron chi connectivity index (χ1n) is 7.05. The van der Waals surface area contributed by atoms with Gasteiger partial charge in [0.1, 0.15) is 5.02 Å². The number of anilines is 3. The van der Waals surface area contributed by atoms with E-state index >= 15 is 0 Å². The Morgan fingerprint density at radius 3 is 2.74 bits per heavy atom. The molecule has 0 radical (unpaired) electrons. The summed E-state index contributed by atoms with van der Waals surface area (Å²) in [5, 5.41) is 9.10. The maximum Gasteiger partial charge on any atom is 0.253 e. The smallest absolute Gasteiger partial charge is 0.253 e. The number of hydrogen-bond acceptors (Lipinski definition) is 5. The van der Waals surface area contributed by atoms with Gasteiger partial charge in [-0.1, -0.05) is 29.8 Å². The molecule has 2 rings (SSSR count). The monoisotopic (exact) mass is 331 g/mol. The quantitative estimate of drug-likeness (QED) is 0.780. The van der Waals surface area contributed by atoms with Crippen LogP contribution in [0.15, 0.2) is 42.2 Å². The molecule has 1 heterocycles. The van der Waals surface area contributed by atoms with E-state index in [1.807, 2.05) is 26.0 Å². The normalized spacial score (nSPS) is 11.0. The van der Waals surface area contributed by atoms with E-state index in [9.17, 15) is 4.79 Å². The third kappa shape index (κ3) is 4.20. The number of nitrogens with one attached hydrogen (secondary N) is 3. The number of allylic oxidation sites excluding steroid dienone is 2. The maximum absolute atomic E-state index is 11.9. The van der Waals surface area contributed by atoms with Crippen LogP contribution in [-0.4, -0.2) is 22.9 Å². The highest BCUT2D eigenvalue weighted by Gasteiger charge is 2.12. The largest absolute Gasteiger partial charge is 0.355 e. The minimum Gasteiger partial charge on any atom is -0.355 e. The third-order valence-corrected chi connectivity index (χ3v) is 3.41. The van der Waals surface area contributed by atoms with Crippen LogP contribution < -0.4 is 16.0 Å². The summed E-state index contributed by atoms with van der Waals surface area (Å²) in [6.07, 6.45) is 3.41. The molecule has 6 nitrogen and oxygen atoms in total. The lowest BCUT2D eigenvalue weighted by Gasteiger charge is -2.12. The van der Waals surface area contributed by atoms with Gasteiger partial charge in [-0.2, -0.15) is 4.98 Å². The van der Waals surface area contributed by atoms with Crippen LogP contribution in [0.3, 0.4) is 0 Å². The van der Waals surface area contributed by atoms with E-state index in [0.29, 0.717) is 28.0 Å². The zero-order chi connectivity index (χ0) is 16.8. The van der Waals surface area contributed by atoms with Crippen LogP contribution in [0.2, 0.25) is 5.02 Å². The first kappa shape index (κ1) is 16.8. The molecule has 3 N–H and O–H groups in total. The van der Waals surface area contributed by atoms with E-state index in [4.69, 9.17) is 11.6 Å². The highest BCUT2D eigenvalue weighted by molar-refractivity contribution is 6.33. The number of carbonyl (C=O) groups is 1. The molecule has 23 heavy (non-hydrogen) atoms. The number of amides is 1. The van der Waals surface area contributed by atoms with Crippen LogP contribution in [0.4, 0.5) is 17.5 Å². The molecule has 2 aromatic rings. The molecule has 0 spiro atoms. The molecule has 0 saturated carbocycles. The van der Waals surface area contributed by atoms with Crippen LogP contribution in [-0.2, 0) is 0 Å². The number of benzene rings is 1. The summed E-state index contributed by atoms with van der Waals surface area (Å²) < 4.78 is 0. The zero-order valence-electron chi connectivity index (χ0n) is 13.1. The summed E-state index contributed by atoms with van der Waals surface area (Å²) in [6, 6.07) is 7.12. The number of rotatable bonds is 5. The average molecular weight is 332 g/mol. The van der Waals surface area contributed by atoms with Crippen molar-refractivity contribution in [3.63, 3.8) is 0 Å². The standard InChI is InChI=1S/C16H18ClN5O/c1-4-10(2)20-16-19-9-12(17)14(22-16)21-13-8-6-5-7-11(13)15(23)18-3/h4-9H,1-3H3,(H,18,23)(H2,19,20,21,22)/b10-4+. The molecule has 0 fully saturated rings. The Kier molecular flexibility index (Phi) is 5.54. The predicted molar refractivity (Wildman–Crippen MR) is 93.2 cm³/mol. The average Bonchev–Trinajstić information content (AvgIpc) is 2.57. The summed E-state index contributed by atoms with van der Waals surface area (Å²) >= 11 is 6.15. The fraction of sp³-hybridized carbons (Fsp3) is 0.188. The lowest BCUT2D eigenvalue weighted by molar-refractivity contribution is 0.0964. The molecule has 0 bridgehead atoms. The molecule has 0 aliphatic heterocycles. The van der Waals surface area contributed by atoms with Gasteiger partial charge in [0.25, 0.3) is 5.91 Å². The van der Waals surface area contributed by atoms with Crippen molar-refractivity contribution in [1.29, 1.82) is 0 Å². The Labute approximate surface area is 140 Å². The van der Waals surface area contributed by atoms with Gasteiger partial charge in [-0.15, -0.1) is 0 Å². The summed E-state index contributed by atoms with van der Waals surface area (Å²) in [5.41, 5.74) is 2.04. The van der Waals surface area contributed by atoms with E-state index in [0.717, 1.165) is 5.70 Å². The number of hydrogen-bond donors (Lipinski definition) is 3. The molecule has 1 aromatic carbocycles. The van der Waals surface area contributed by atoms with Crippen LogP contribution in [0.1, 0.15) is 24.2 Å². The molecule has 0 saturated heterocycles. The van der Waals surface area contributed by atoms with E-state index in [1.165, 1.54) is 6.20 Å². The van der Waals surface area contributed by atoms with Gasteiger partial charge in [0.15, 0.2) is 5.82 Å².